The third-order valence-electron chi connectivity index (χ3n) is 4.48. The van der Waals surface area contributed by atoms with E-state index in [2.05, 4.69) is 17.2 Å². The van der Waals surface area contributed by atoms with E-state index in [9.17, 15) is 13.2 Å². The predicted octanol–water partition coefficient (Wildman–Crippen LogP) is 3.89. The fraction of sp³-hybridized carbons (Fsp3) is 0.316. The van der Waals surface area contributed by atoms with Crippen molar-refractivity contribution in [1.82, 2.24) is 19.4 Å². The van der Waals surface area contributed by atoms with Crippen LogP contribution in [0, 0.1) is 31.3 Å². The van der Waals surface area contributed by atoms with Crippen LogP contribution in [0.25, 0.3) is 5.69 Å². The average molecular weight is 362 g/mol. The number of imidazole rings is 1. The minimum absolute atomic E-state index is 0.0108. The predicted molar refractivity (Wildman–Crippen MR) is 93.6 cm³/mol. The molecule has 0 saturated heterocycles. The Morgan fingerprint density at radius 1 is 1.15 bits per heavy atom. The lowest BCUT2D eigenvalue weighted by Gasteiger charge is -2.15. The molecule has 7 heteroatoms. The summed E-state index contributed by atoms with van der Waals surface area (Å²) in [6, 6.07) is 4.32. The Hall–Kier alpha value is -2.54. The van der Waals surface area contributed by atoms with Gasteiger partial charge in [-0.1, -0.05) is 0 Å². The second kappa shape index (κ2) is 7.37. The van der Waals surface area contributed by atoms with Gasteiger partial charge in [0.1, 0.15) is 0 Å². The summed E-state index contributed by atoms with van der Waals surface area (Å²) in [5.74, 6) is -3.83. The fourth-order valence-electron chi connectivity index (χ4n) is 3.13. The normalized spacial score (nSPS) is 12.5. The number of nitrogens with zero attached hydrogens (tertiary/aromatic N) is 3. The van der Waals surface area contributed by atoms with Crippen molar-refractivity contribution in [2.45, 2.75) is 39.9 Å². The van der Waals surface area contributed by atoms with E-state index in [0.717, 1.165) is 29.6 Å². The number of hydrogen-bond acceptors (Lipinski definition) is 2. The highest BCUT2D eigenvalue weighted by molar-refractivity contribution is 5.42. The molecule has 138 valence electrons. The van der Waals surface area contributed by atoms with E-state index in [-0.39, 0.29) is 11.7 Å². The Morgan fingerprint density at radius 3 is 2.62 bits per heavy atom. The van der Waals surface area contributed by atoms with Crippen molar-refractivity contribution in [1.29, 1.82) is 0 Å². The second-order valence-electron chi connectivity index (χ2n) is 6.47. The van der Waals surface area contributed by atoms with Crippen molar-refractivity contribution in [2.24, 2.45) is 0 Å². The summed E-state index contributed by atoms with van der Waals surface area (Å²) >= 11 is 0. The van der Waals surface area contributed by atoms with E-state index in [1.165, 1.54) is 6.07 Å². The van der Waals surface area contributed by atoms with Crippen LogP contribution < -0.4 is 5.32 Å². The van der Waals surface area contributed by atoms with Gasteiger partial charge in [-0.2, -0.15) is 0 Å². The van der Waals surface area contributed by atoms with E-state index in [0.29, 0.717) is 6.54 Å². The van der Waals surface area contributed by atoms with Crippen LogP contribution in [0.2, 0.25) is 0 Å². The first-order valence-corrected chi connectivity index (χ1v) is 8.39. The molecule has 1 aromatic carbocycles. The maximum Gasteiger partial charge on any atom is 0.196 e. The highest BCUT2D eigenvalue weighted by Gasteiger charge is 2.19. The van der Waals surface area contributed by atoms with E-state index in [4.69, 9.17) is 0 Å². The first-order chi connectivity index (χ1) is 12.4. The van der Waals surface area contributed by atoms with Crippen molar-refractivity contribution >= 4 is 0 Å². The van der Waals surface area contributed by atoms with Crippen molar-refractivity contribution < 1.29 is 13.2 Å². The molecular formula is C19H21F3N4. The van der Waals surface area contributed by atoms with Crippen LogP contribution in [0.1, 0.15) is 23.9 Å². The number of nitrogens with one attached hydrogen (secondary N) is 1. The van der Waals surface area contributed by atoms with Gasteiger partial charge in [-0.05, 0) is 44.5 Å². The van der Waals surface area contributed by atoms with Gasteiger partial charge in [-0.15, -0.1) is 0 Å². The van der Waals surface area contributed by atoms with Crippen LogP contribution in [0.5, 0.6) is 0 Å². The molecule has 3 rings (SSSR count). The van der Waals surface area contributed by atoms with Crippen molar-refractivity contribution in [2.75, 3.05) is 0 Å². The molecule has 0 aliphatic carbocycles. The average Bonchev–Trinajstić information content (AvgIpc) is 3.20. The van der Waals surface area contributed by atoms with Gasteiger partial charge in [0.2, 0.25) is 0 Å². The van der Waals surface area contributed by atoms with Crippen LogP contribution in [-0.4, -0.2) is 20.2 Å². The zero-order valence-corrected chi connectivity index (χ0v) is 14.9. The van der Waals surface area contributed by atoms with Crippen molar-refractivity contribution in [3.05, 3.63) is 71.3 Å². The molecule has 2 aromatic heterocycles. The molecule has 0 radical (unpaired) electrons. The Labute approximate surface area is 150 Å². The molecular weight excluding hydrogens is 341 g/mol. The van der Waals surface area contributed by atoms with Crippen molar-refractivity contribution in [3.63, 3.8) is 0 Å². The molecule has 1 atom stereocenters. The summed E-state index contributed by atoms with van der Waals surface area (Å²) in [6.45, 7) is 7.07. The standard InChI is InChI=1S/C19H21F3N4/c1-12(10-25-7-6-23-11-25)24-9-15-8-13(2)26(14(15)3)17-5-4-16(20)18(21)19(17)22/h4-8,11-12,24H,9-10H2,1-3H3. The lowest BCUT2D eigenvalue weighted by atomic mass is 10.2. The van der Waals surface area contributed by atoms with Gasteiger partial charge in [0.25, 0.3) is 0 Å². The van der Waals surface area contributed by atoms with Crippen LogP contribution >= 0.6 is 0 Å². The summed E-state index contributed by atoms with van der Waals surface area (Å²) in [7, 11) is 0. The molecule has 2 heterocycles. The highest BCUT2D eigenvalue weighted by Crippen LogP contribution is 2.25. The Balaban J connectivity index is 1.79. The Kier molecular flexibility index (Phi) is 5.18. The topological polar surface area (TPSA) is 34.8 Å². The summed E-state index contributed by atoms with van der Waals surface area (Å²) in [5.41, 5.74) is 2.53. The minimum Gasteiger partial charge on any atom is -0.336 e. The third kappa shape index (κ3) is 3.53. The van der Waals surface area contributed by atoms with Gasteiger partial charge in [-0.3, -0.25) is 0 Å². The zero-order chi connectivity index (χ0) is 18.8. The fourth-order valence-corrected chi connectivity index (χ4v) is 3.13. The second-order valence-corrected chi connectivity index (χ2v) is 6.47. The van der Waals surface area contributed by atoms with Crippen LogP contribution in [0.3, 0.4) is 0 Å². The molecule has 1 unspecified atom stereocenters. The number of aryl methyl sites for hydroxylation is 1. The van der Waals surface area contributed by atoms with Gasteiger partial charge >= 0.3 is 0 Å². The molecule has 1 N–H and O–H groups in total. The summed E-state index contributed by atoms with van der Waals surface area (Å²) < 4.78 is 44.6. The quantitative estimate of drug-likeness (QED) is 0.675. The van der Waals surface area contributed by atoms with Gasteiger partial charge in [0.05, 0.1) is 12.0 Å². The molecule has 26 heavy (non-hydrogen) atoms. The molecule has 0 bridgehead atoms. The largest absolute Gasteiger partial charge is 0.336 e. The SMILES string of the molecule is Cc1cc(CNC(C)Cn2ccnc2)c(C)n1-c1ccc(F)c(F)c1F. The maximum atomic E-state index is 14.2. The van der Waals surface area contributed by atoms with Gasteiger partial charge in [-0.25, -0.2) is 18.2 Å². The molecule has 0 fully saturated rings. The smallest absolute Gasteiger partial charge is 0.196 e. The first-order valence-electron chi connectivity index (χ1n) is 8.39. The number of benzene rings is 1. The lowest BCUT2D eigenvalue weighted by molar-refractivity contribution is 0.444. The van der Waals surface area contributed by atoms with Gasteiger partial charge in [0, 0.05) is 42.9 Å². The first kappa shape index (κ1) is 18.3. The van der Waals surface area contributed by atoms with Crippen LogP contribution in [0.15, 0.2) is 36.9 Å². The summed E-state index contributed by atoms with van der Waals surface area (Å²) in [5, 5.41) is 3.42. The molecule has 0 saturated carbocycles. The molecule has 0 aliphatic heterocycles. The molecule has 0 aliphatic rings. The molecule has 3 aromatic rings. The number of rotatable bonds is 6. The molecule has 0 spiro atoms. The zero-order valence-electron chi connectivity index (χ0n) is 14.9. The van der Waals surface area contributed by atoms with Gasteiger partial charge in [0.15, 0.2) is 17.5 Å². The number of halogens is 3. The minimum atomic E-state index is -1.45. The van der Waals surface area contributed by atoms with E-state index >= 15 is 0 Å². The number of hydrogen-bond donors (Lipinski definition) is 1. The summed E-state index contributed by atoms with van der Waals surface area (Å²) in [6.07, 6.45) is 5.39. The van der Waals surface area contributed by atoms with Crippen LogP contribution in [-0.2, 0) is 13.1 Å². The third-order valence-corrected chi connectivity index (χ3v) is 4.48. The van der Waals surface area contributed by atoms with Crippen LogP contribution in [0.4, 0.5) is 13.2 Å². The monoisotopic (exact) mass is 362 g/mol. The van der Waals surface area contributed by atoms with E-state index in [1.54, 1.807) is 17.1 Å². The molecule has 0 amide bonds. The highest BCUT2D eigenvalue weighted by atomic mass is 19.2. The molecule has 4 nitrogen and oxygen atoms in total. The Morgan fingerprint density at radius 2 is 1.92 bits per heavy atom. The van der Waals surface area contributed by atoms with Gasteiger partial charge < -0.3 is 14.5 Å². The van der Waals surface area contributed by atoms with E-state index in [1.807, 2.05) is 30.7 Å². The Bertz CT molecular complexity index is 900. The number of aromatic nitrogens is 3. The van der Waals surface area contributed by atoms with E-state index < -0.39 is 17.5 Å². The maximum absolute atomic E-state index is 14.2. The summed E-state index contributed by atoms with van der Waals surface area (Å²) in [4.78, 5) is 4.02. The van der Waals surface area contributed by atoms with Crippen molar-refractivity contribution in [3.8, 4) is 5.69 Å². The lowest BCUT2D eigenvalue weighted by Crippen LogP contribution is -2.29.